The quantitative estimate of drug-likeness (QED) is 0.838. The summed E-state index contributed by atoms with van der Waals surface area (Å²) >= 11 is 0. The minimum absolute atomic E-state index is 0.176. The van der Waals surface area contributed by atoms with E-state index in [4.69, 9.17) is 0 Å². The van der Waals surface area contributed by atoms with E-state index < -0.39 is 17.8 Å². The van der Waals surface area contributed by atoms with E-state index in [1.165, 1.54) is 0 Å². The normalized spacial score (nSPS) is 20.1. The van der Waals surface area contributed by atoms with Gasteiger partial charge in [-0.05, 0) is 30.9 Å². The zero-order valence-corrected chi connectivity index (χ0v) is 11.4. The van der Waals surface area contributed by atoms with Gasteiger partial charge in [-0.2, -0.15) is 5.26 Å². The first kappa shape index (κ1) is 14.6. The summed E-state index contributed by atoms with van der Waals surface area (Å²) in [6.45, 7) is 1.85. The lowest BCUT2D eigenvalue weighted by atomic mass is 9.78. The van der Waals surface area contributed by atoms with Gasteiger partial charge in [-0.25, -0.2) is 8.78 Å². The van der Waals surface area contributed by atoms with Crippen molar-refractivity contribution in [3.63, 3.8) is 0 Å². The highest BCUT2D eigenvalue weighted by Gasteiger charge is 2.39. The first-order valence-electron chi connectivity index (χ1n) is 6.81. The summed E-state index contributed by atoms with van der Waals surface area (Å²) in [5.41, 5.74) is 1.57. The van der Waals surface area contributed by atoms with Crippen molar-refractivity contribution < 1.29 is 13.6 Å². The van der Waals surface area contributed by atoms with Crippen LogP contribution in [0.4, 0.5) is 8.78 Å². The SMILES string of the molecule is Cc1ccccc1C(C#N)C(=O)C1CCC(F)(F)CC1. The molecule has 4 heteroatoms. The van der Waals surface area contributed by atoms with E-state index in [1.54, 1.807) is 12.1 Å². The Bertz CT molecular complexity index is 538. The van der Waals surface area contributed by atoms with Gasteiger partial charge in [0.2, 0.25) is 5.92 Å². The third-order valence-corrected chi connectivity index (χ3v) is 4.03. The topological polar surface area (TPSA) is 40.9 Å². The number of ketones is 1. The number of alkyl halides is 2. The molecule has 1 aromatic carbocycles. The molecule has 2 rings (SSSR count). The molecule has 0 aromatic heterocycles. The number of carbonyl (C=O) groups is 1. The van der Waals surface area contributed by atoms with E-state index in [0.29, 0.717) is 5.56 Å². The number of carbonyl (C=O) groups excluding carboxylic acids is 1. The summed E-state index contributed by atoms with van der Waals surface area (Å²) in [7, 11) is 0. The Morgan fingerprint density at radius 3 is 2.50 bits per heavy atom. The molecule has 1 aliphatic carbocycles. The van der Waals surface area contributed by atoms with Crippen LogP contribution < -0.4 is 0 Å². The number of aryl methyl sites for hydroxylation is 1. The molecule has 0 heterocycles. The van der Waals surface area contributed by atoms with Gasteiger partial charge >= 0.3 is 0 Å². The maximum atomic E-state index is 13.1. The molecule has 1 atom stereocenters. The van der Waals surface area contributed by atoms with Crippen LogP contribution in [0.2, 0.25) is 0 Å². The Morgan fingerprint density at radius 1 is 1.35 bits per heavy atom. The first-order chi connectivity index (χ1) is 9.44. The predicted molar refractivity (Wildman–Crippen MR) is 71.4 cm³/mol. The van der Waals surface area contributed by atoms with Gasteiger partial charge in [-0.3, -0.25) is 4.79 Å². The average molecular weight is 277 g/mol. The molecule has 0 spiro atoms. The number of hydrogen-bond acceptors (Lipinski definition) is 2. The van der Waals surface area contributed by atoms with Crippen molar-refractivity contribution in [2.75, 3.05) is 0 Å². The molecular weight excluding hydrogens is 260 g/mol. The molecular formula is C16H17F2NO. The molecule has 0 aliphatic heterocycles. The average Bonchev–Trinajstić information content (AvgIpc) is 2.41. The lowest BCUT2D eigenvalue weighted by Crippen LogP contribution is -2.31. The van der Waals surface area contributed by atoms with Crippen molar-refractivity contribution in [2.24, 2.45) is 5.92 Å². The molecule has 0 N–H and O–H groups in total. The van der Waals surface area contributed by atoms with E-state index in [9.17, 15) is 18.8 Å². The highest BCUT2D eigenvalue weighted by Crippen LogP contribution is 2.38. The molecule has 0 saturated heterocycles. The third kappa shape index (κ3) is 3.04. The standard InChI is InChI=1S/C16H17F2NO/c1-11-4-2-3-5-13(11)14(10-19)15(20)12-6-8-16(17,18)9-7-12/h2-5,12,14H,6-9H2,1H3. The highest BCUT2D eigenvalue weighted by atomic mass is 19.3. The molecule has 1 fully saturated rings. The van der Waals surface area contributed by atoms with Gasteiger partial charge < -0.3 is 0 Å². The van der Waals surface area contributed by atoms with E-state index in [2.05, 4.69) is 0 Å². The van der Waals surface area contributed by atoms with Gasteiger partial charge in [0.1, 0.15) is 5.92 Å². The number of nitrogens with zero attached hydrogens (tertiary/aromatic N) is 1. The second-order valence-electron chi connectivity index (χ2n) is 5.45. The monoisotopic (exact) mass is 277 g/mol. The van der Waals surface area contributed by atoms with Gasteiger partial charge in [-0.1, -0.05) is 24.3 Å². The van der Waals surface area contributed by atoms with E-state index in [1.807, 2.05) is 25.1 Å². The van der Waals surface area contributed by atoms with E-state index in [-0.39, 0.29) is 31.5 Å². The summed E-state index contributed by atoms with van der Waals surface area (Å²) in [4.78, 5) is 12.4. The Kier molecular flexibility index (Phi) is 4.17. The molecule has 0 bridgehead atoms. The fourth-order valence-corrected chi connectivity index (χ4v) is 2.76. The number of Topliss-reactive ketones (excluding diaryl/α,β-unsaturated/α-hetero) is 1. The van der Waals surface area contributed by atoms with Gasteiger partial charge in [-0.15, -0.1) is 0 Å². The molecule has 1 saturated carbocycles. The van der Waals surface area contributed by atoms with E-state index >= 15 is 0 Å². The number of nitriles is 1. The maximum Gasteiger partial charge on any atom is 0.248 e. The Balaban J connectivity index is 2.16. The van der Waals surface area contributed by atoms with E-state index in [0.717, 1.165) is 5.56 Å². The number of rotatable bonds is 3. The van der Waals surface area contributed by atoms with Crippen LogP contribution in [-0.4, -0.2) is 11.7 Å². The van der Waals surface area contributed by atoms with Crippen LogP contribution in [0.25, 0.3) is 0 Å². The van der Waals surface area contributed by atoms with Crippen molar-refractivity contribution >= 4 is 5.78 Å². The van der Waals surface area contributed by atoms with Crippen LogP contribution in [0.15, 0.2) is 24.3 Å². The lowest BCUT2D eigenvalue weighted by molar-refractivity contribution is -0.127. The molecule has 0 amide bonds. The summed E-state index contributed by atoms with van der Waals surface area (Å²) in [6, 6.07) is 9.28. The maximum absolute atomic E-state index is 13.1. The second kappa shape index (κ2) is 5.70. The minimum atomic E-state index is -2.65. The Morgan fingerprint density at radius 2 is 1.95 bits per heavy atom. The molecule has 20 heavy (non-hydrogen) atoms. The number of halogens is 2. The van der Waals surface area contributed by atoms with Crippen molar-refractivity contribution in [3.05, 3.63) is 35.4 Å². The minimum Gasteiger partial charge on any atom is -0.298 e. The fraction of sp³-hybridized carbons (Fsp3) is 0.500. The summed E-state index contributed by atoms with van der Waals surface area (Å²) < 4.78 is 26.3. The van der Waals surface area contributed by atoms with Crippen molar-refractivity contribution in [1.82, 2.24) is 0 Å². The largest absolute Gasteiger partial charge is 0.298 e. The predicted octanol–water partition coefficient (Wildman–Crippen LogP) is 4.00. The zero-order chi connectivity index (χ0) is 14.8. The Hall–Kier alpha value is -1.76. The molecule has 0 radical (unpaired) electrons. The molecule has 106 valence electrons. The second-order valence-corrected chi connectivity index (χ2v) is 5.45. The van der Waals surface area contributed by atoms with Crippen LogP contribution in [-0.2, 0) is 4.79 Å². The van der Waals surface area contributed by atoms with Gasteiger partial charge in [0.15, 0.2) is 5.78 Å². The fourth-order valence-electron chi connectivity index (χ4n) is 2.76. The van der Waals surface area contributed by atoms with Crippen LogP contribution >= 0.6 is 0 Å². The van der Waals surface area contributed by atoms with Crippen molar-refractivity contribution in [1.29, 1.82) is 5.26 Å². The molecule has 1 unspecified atom stereocenters. The summed E-state index contributed by atoms with van der Waals surface area (Å²) in [5, 5.41) is 9.29. The lowest BCUT2D eigenvalue weighted by Gasteiger charge is -2.28. The van der Waals surface area contributed by atoms with Gasteiger partial charge in [0.05, 0.1) is 6.07 Å². The van der Waals surface area contributed by atoms with Gasteiger partial charge in [0.25, 0.3) is 0 Å². The number of hydrogen-bond donors (Lipinski definition) is 0. The highest BCUT2D eigenvalue weighted by molar-refractivity contribution is 5.90. The summed E-state index contributed by atoms with van der Waals surface area (Å²) in [5.74, 6) is -4.12. The summed E-state index contributed by atoms with van der Waals surface area (Å²) in [6.07, 6.45) is -0.156. The van der Waals surface area contributed by atoms with Crippen LogP contribution in [0.3, 0.4) is 0 Å². The van der Waals surface area contributed by atoms with Crippen LogP contribution in [0, 0.1) is 24.2 Å². The van der Waals surface area contributed by atoms with Crippen molar-refractivity contribution in [2.45, 2.75) is 44.4 Å². The van der Waals surface area contributed by atoms with Crippen LogP contribution in [0.1, 0.15) is 42.7 Å². The smallest absolute Gasteiger partial charge is 0.248 e. The Labute approximate surface area is 117 Å². The third-order valence-electron chi connectivity index (χ3n) is 4.03. The molecule has 1 aromatic rings. The zero-order valence-electron chi connectivity index (χ0n) is 11.4. The molecule has 2 nitrogen and oxygen atoms in total. The van der Waals surface area contributed by atoms with Gasteiger partial charge in [0, 0.05) is 18.8 Å². The number of benzene rings is 1. The van der Waals surface area contributed by atoms with Crippen molar-refractivity contribution in [3.8, 4) is 6.07 Å². The van der Waals surface area contributed by atoms with Crippen LogP contribution in [0.5, 0.6) is 0 Å². The molecule has 1 aliphatic rings. The first-order valence-corrected chi connectivity index (χ1v) is 6.81.